The molecule has 0 aliphatic carbocycles. The third-order valence-corrected chi connectivity index (χ3v) is 6.19. The number of fused-ring (bicyclic) bond motifs is 1. The molecule has 2 heterocycles. The summed E-state index contributed by atoms with van der Waals surface area (Å²) in [5, 5.41) is 5.08. The molecule has 3 rings (SSSR count). The standard InChI is InChI=1S/C21H27N3O2S/c1-4-23(5-2)21(26)16-7-6-8-17(13-16)22-20(25)14-24-11-9-19-18(15(24)3)10-12-27-19/h6-8,10,12-13,15H,4-5,9,11,14H2,1-3H3,(H,22,25). The second-order valence-electron chi connectivity index (χ2n) is 6.80. The van der Waals surface area contributed by atoms with Crippen molar-refractivity contribution in [3.05, 3.63) is 51.7 Å². The quantitative estimate of drug-likeness (QED) is 0.823. The van der Waals surface area contributed by atoms with Gasteiger partial charge in [-0.15, -0.1) is 11.3 Å². The SMILES string of the molecule is CCN(CC)C(=O)c1cccc(NC(=O)CN2CCc3sccc3C2C)c1. The maximum atomic E-state index is 12.6. The zero-order valence-electron chi connectivity index (χ0n) is 16.2. The van der Waals surface area contributed by atoms with Crippen LogP contribution in [0.1, 0.15) is 47.6 Å². The first-order valence-electron chi connectivity index (χ1n) is 9.53. The number of carbonyl (C=O) groups is 2. The Morgan fingerprint density at radius 3 is 2.78 bits per heavy atom. The van der Waals surface area contributed by atoms with Crippen LogP contribution in [-0.2, 0) is 11.2 Å². The summed E-state index contributed by atoms with van der Waals surface area (Å²) < 4.78 is 0. The van der Waals surface area contributed by atoms with Crippen molar-refractivity contribution in [2.75, 3.05) is 31.5 Å². The summed E-state index contributed by atoms with van der Waals surface area (Å²) in [7, 11) is 0. The lowest BCUT2D eigenvalue weighted by atomic mass is 10.0. The Kier molecular flexibility index (Phi) is 6.29. The van der Waals surface area contributed by atoms with Crippen molar-refractivity contribution in [2.45, 2.75) is 33.2 Å². The van der Waals surface area contributed by atoms with Gasteiger partial charge in [0, 0.05) is 41.8 Å². The van der Waals surface area contributed by atoms with Crippen molar-refractivity contribution in [2.24, 2.45) is 0 Å². The molecule has 144 valence electrons. The minimum atomic E-state index is -0.0482. The lowest BCUT2D eigenvalue weighted by Crippen LogP contribution is -2.39. The van der Waals surface area contributed by atoms with Gasteiger partial charge in [-0.3, -0.25) is 14.5 Å². The molecule has 0 fully saturated rings. The van der Waals surface area contributed by atoms with Crippen LogP contribution in [0.5, 0.6) is 0 Å². The highest BCUT2D eigenvalue weighted by molar-refractivity contribution is 7.10. The van der Waals surface area contributed by atoms with E-state index in [2.05, 4.69) is 28.6 Å². The number of nitrogens with zero attached hydrogens (tertiary/aromatic N) is 2. The van der Waals surface area contributed by atoms with Crippen LogP contribution in [0.25, 0.3) is 0 Å². The third kappa shape index (κ3) is 4.39. The van der Waals surface area contributed by atoms with E-state index in [9.17, 15) is 9.59 Å². The van der Waals surface area contributed by atoms with Crippen LogP contribution in [0, 0.1) is 0 Å². The number of carbonyl (C=O) groups excluding carboxylic acids is 2. The average Bonchev–Trinajstić information content (AvgIpc) is 3.15. The van der Waals surface area contributed by atoms with Crippen molar-refractivity contribution < 1.29 is 9.59 Å². The summed E-state index contributed by atoms with van der Waals surface area (Å²) in [6.07, 6.45) is 0.998. The van der Waals surface area contributed by atoms with Gasteiger partial charge in [-0.1, -0.05) is 6.07 Å². The molecule has 1 N–H and O–H groups in total. The fraction of sp³-hybridized carbons (Fsp3) is 0.429. The van der Waals surface area contributed by atoms with E-state index in [0.717, 1.165) is 13.0 Å². The zero-order chi connectivity index (χ0) is 19.4. The highest BCUT2D eigenvalue weighted by atomic mass is 32.1. The minimum Gasteiger partial charge on any atom is -0.339 e. The van der Waals surface area contributed by atoms with Gasteiger partial charge < -0.3 is 10.2 Å². The number of hydrogen-bond acceptors (Lipinski definition) is 4. The van der Waals surface area contributed by atoms with Crippen molar-refractivity contribution in [1.29, 1.82) is 0 Å². The van der Waals surface area contributed by atoms with Gasteiger partial charge in [0.15, 0.2) is 0 Å². The Morgan fingerprint density at radius 1 is 1.26 bits per heavy atom. The number of nitrogens with one attached hydrogen (secondary N) is 1. The maximum absolute atomic E-state index is 12.6. The van der Waals surface area contributed by atoms with E-state index in [-0.39, 0.29) is 17.9 Å². The predicted octanol–water partition coefficient (Wildman–Crippen LogP) is 3.79. The molecule has 6 heteroatoms. The van der Waals surface area contributed by atoms with Gasteiger partial charge in [-0.05, 0) is 62.4 Å². The Labute approximate surface area is 165 Å². The molecule has 0 radical (unpaired) electrons. The van der Waals surface area contributed by atoms with Gasteiger partial charge in [0.2, 0.25) is 5.91 Å². The van der Waals surface area contributed by atoms with E-state index in [1.807, 2.05) is 26.0 Å². The molecule has 1 aromatic heterocycles. The molecule has 0 bridgehead atoms. The molecule has 0 spiro atoms. The van der Waals surface area contributed by atoms with Gasteiger partial charge >= 0.3 is 0 Å². The van der Waals surface area contributed by atoms with Crippen molar-refractivity contribution in [3.8, 4) is 0 Å². The van der Waals surface area contributed by atoms with Gasteiger partial charge in [0.1, 0.15) is 0 Å². The summed E-state index contributed by atoms with van der Waals surface area (Å²) in [5.74, 6) is -0.0568. The fourth-order valence-electron chi connectivity index (χ4n) is 3.59. The van der Waals surface area contributed by atoms with Crippen LogP contribution >= 0.6 is 11.3 Å². The maximum Gasteiger partial charge on any atom is 0.253 e. The predicted molar refractivity (Wildman–Crippen MR) is 110 cm³/mol. The van der Waals surface area contributed by atoms with Crippen LogP contribution in [0.3, 0.4) is 0 Å². The molecule has 1 aliphatic rings. The second-order valence-corrected chi connectivity index (χ2v) is 7.80. The van der Waals surface area contributed by atoms with E-state index in [0.29, 0.717) is 30.9 Å². The van der Waals surface area contributed by atoms with E-state index in [4.69, 9.17) is 0 Å². The highest BCUT2D eigenvalue weighted by Crippen LogP contribution is 2.32. The Morgan fingerprint density at radius 2 is 2.04 bits per heavy atom. The van der Waals surface area contributed by atoms with Crippen molar-refractivity contribution in [3.63, 3.8) is 0 Å². The molecule has 5 nitrogen and oxygen atoms in total. The largest absolute Gasteiger partial charge is 0.339 e. The molecule has 1 atom stereocenters. The molecule has 0 saturated heterocycles. The van der Waals surface area contributed by atoms with E-state index >= 15 is 0 Å². The van der Waals surface area contributed by atoms with Crippen LogP contribution in [0.15, 0.2) is 35.7 Å². The third-order valence-electron chi connectivity index (χ3n) is 5.19. The zero-order valence-corrected chi connectivity index (χ0v) is 17.0. The van der Waals surface area contributed by atoms with Crippen LogP contribution in [0.2, 0.25) is 0 Å². The molecule has 2 amide bonds. The van der Waals surface area contributed by atoms with Crippen molar-refractivity contribution >= 4 is 28.8 Å². The van der Waals surface area contributed by atoms with Crippen LogP contribution in [-0.4, -0.2) is 47.8 Å². The van der Waals surface area contributed by atoms with E-state index in [1.54, 1.807) is 28.4 Å². The summed E-state index contributed by atoms with van der Waals surface area (Å²) in [5.41, 5.74) is 2.61. The number of benzene rings is 1. The topological polar surface area (TPSA) is 52.7 Å². The van der Waals surface area contributed by atoms with Crippen molar-refractivity contribution in [1.82, 2.24) is 9.80 Å². The Bertz CT molecular complexity index is 813. The summed E-state index contributed by atoms with van der Waals surface area (Å²) in [6.45, 7) is 8.67. The van der Waals surface area contributed by atoms with E-state index < -0.39 is 0 Å². The minimum absolute atomic E-state index is 0.00858. The fourth-order valence-corrected chi connectivity index (χ4v) is 4.55. The number of thiophene rings is 1. The smallest absolute Gasteiger partial charge is 0.253 e. The van der Waals surface area contributed by atoms with Gasteiger partial charge in [0.05, 0.1) is 6.54 Å². The molecule has 0 saturated carbocycles. The number of rotatable bonds is 6. The molecule has 1 aromatic carbocycles. The number of amides is 2. The first kappa shape index (κ1) is 19.6. The number of hydrogen-bond donors (Lipinski definition) is 1. The summed E-state index contributed by atoms with van der Waals surface area (Å²) >= 11 is 1.80. The van der Waals surface area contributed by atoms with Gasteiger partial charge in [0.25, 0.3) is 5.91 Å². The summed E-state index contributed by atoms with van der Waals surface area (Å²) in [4.78, 5) is 30.5. The first-order valence-corrected chi connectivity index (χ1v) is 10.4. The monoisotopic (exact) mass is 385 g/mol. The van der Waals surface area contributed by atoms with Gasteiger partial charge in [-0.2, -0.15) is 0 Å². The van der Waals surface area contributed by atoms with Crippen LogP contribution < -0.4 is 5.32 Å². The number of anilines is 1. The van der Waals surface area contributed by atoms with Gasteiger partial charge in [-0.25, -0.2) is 0 Å². The first-order chi connectivity index (χ1) is 13.0. The Balaban J connectivity index is 1.63. The molecule has 1 aliphatic heterocycles. The molecular weight excluding hydrogens is 358 g/mol. The molecule has 1 unspecified atom stereocenters. The molecular formula is C21H27N3O2S. The molecule has 2 aromatic rings. The van der Waals surface area contributed by atoms with Crippen LogP contribution in [0.4, 0.5) is 5.69 Å². The average molecular weight is 386 g/mol. The van der Waals surface area contributed by atoms with E-state index in [1.165, 1.54) is 10.4 Å². The lowest BCUT2D eigenvalue weighted by molar-refractivity contribution is -0.117. The highest BCUT2D eigenvalue weighted by Gasteiger charge is 2.26. The Hall–Kier alpha value is -2.18. The summed E-state index contributed by atoms with van der Waals surface area (Å²) in [6, 6.07) is 9.61. The second kappa shape index (κ2) is 8.67. The molecule has 27 heavy (non-hydrogen) atoms. The lowest BCUT2D eigenvalue weighted by Gasteiger charge is -2.32. The normalized spacial score (nSPS) is 16.6.